The smallest absolute Gasteiger partial charge is 0.250 e. The maximum absolute atomic E-state index is 13.6. The first-order valence-corrected chi connectivity index (χ1v) is 11.4. The average molecular weight is 470 g/mol. The summed E-state index contributed by atoms with van der Waals surface area (Å²) in [7, 11) is 0. The van der Waals surface area contributed by atoms with Gasteiger partial charge >= 0.3 is 0 Å². The standard InChI is InChI=1S/C24H24ClN3O5/c1-2-3-9-28-21(31)18-15(10-12-7-8-16(29)17(30)11-12)27-24(19(18)22(28)32)13-5-4-6-14(25)20(13)26-23(24)33/h4-8,11,15,18-19,27,29-30H,2-3,9-10H2,1H3,(H,26,33)/t15?,18-,19+,24?/m1/s1. The molecule has 5 rings (SSSR count). The van der Waals surface area contributed by atoms with Crippen LogP contribution in [0.4, 0.5) is 5.69 Å². The highest BCUT2D eigenvalue weighted by Crippen LogP contribution is 2.54. The third-order valence-electron chi connectivity index (χ3n) is 7.02. The number of para-hydroxylation sites is 1. The maximum atomic E-state index is 13.6. The van der Waals surface area contributed by atoms with Gasteiger partial charge in [-0.1, -0.05) is 43.1 Å². The Labute approximate surface area is 195 Å². The van der Waals surface area contributed by atoms with Crippen LogP contribution in [0.2, 0.25) is 5.02 Å². The van der Waals surface area contributed by atoms with Gasteiger partial charge in [0, 0.05) is 18.2 Å². The number of amides is 3. The van der Waals surface area contributed by atoms with Crippen molar-refractivity contribution in [3.8, 4) is 11.5 Å². The number of imide groups is 1. The summed E-state index contributed by atoms with van der Waals surface area (Å²) in [5.74, 6) is -3.23. The van der Waals surface area contributed by atoms with Crippen LogP contribution in [0.3, 0.4) is 0 Å². The molecule has 0 saturated carbocycles. The molecule has 3 aliphatic rings. The lowest BCUT2D eigenvalue weighted by atomic mass is 9.76. The lowest BCUT2D eigenvalue weighted by Gasteiger charge is -2.29. The van der Waals surface area contributed by atoms with E-state index in [0.29, 0.717) is 34.8 Å². The number of phenolic OH excluding ortho intramolecular Hbond substituents is 2. The number of nitrogens with one attached hydrogen (secondary N) is 2. The molecule has 0 bridgehead atoms. The normalized spacial score (nSPS) is 27.9. The van der Waals surface area contributed by atoms with Crippen LogP contribution in [0.5, 0.6) is 11.5 Å². The lowest BCUT2D eigenvalue weighted by Crippen LogP contribution is -2.53. The van der Waals surface area contributed by atoms with Crippen LogP contribution in [0.15, 0.2) is 36.4 Å². The molecule has 1 spiro atoms. The van der Waals surface area contributed by atoms with E-state index >= 15 is 0 Å². The summed E-state index contributed by atoms with van der Waals surface area (Å²) < 4.78 is 0. The molecule has 0 aromatic heterocycles. The van der Waals surface area contributed by atoms with Gasteiger partial charge in [-0.25, -0.2) is 0 Å². The van der Waals surface area contributed by atoms with E-state index in [9.17, 15) is 24.6 Å². The molecule has 8 nitrogen and oxygen atoms in total. The van der Waals surface area contributed by atoms with Crippen molar-refractivity contribution >= 4 is 35.0 Å². The summed E-state index contributed by atoms with van der Waals surface area (Å²) in [6.07, 6.45) is 1.79. The lowest BCUT2D eigenvalue weighted by molar-refractivity contribution is -0.142. The van der Waals surface area contributed by atoms with Gasteiger partial charge in [-0.05, 0) is 36.6 Å². The molecule has 172 valence electrons. The fraction of sp³-hybridized carbons (Fsp3) is 0.375. The molecule has 0 aliphatic carbocycles. The van der Waals surface area contributed by atoms with Crippen molar-refractivity contribution in [1.29, 1.82) is 0 Å². The van der Waals surface area contributed by atoms with Gasteiger partial charge in [0.2, 0.25) is 17.7 Å². The van der Waals surface area contributed by atoms with Crippen molar-refractivity contribution in [2.75, 3.05) is 11.9 Å². The van der Waals surface area contributed by atoms with Crippen LogP contribution in [-0.4, -0.2) is 45.4 Å². The molecule has 0 radical (unpaired) electrons. The monoisotopic (exact) mass is 469 g/mol. The number of unbranched alkanes of at least 4 members (excludes halogenated alkanes) is 1. The van der Waals surface area contributed by atoms with Gasteiger partial charge in [-0.3, -0.25) is 24.6 Å². The Hall–Kier alpha value is -3.10. The maximum Gasteiger partial charge on any atom is 0.250 e. The quantitative estimate of drug-likeness (QED) is 0.394. The van der Waals surface area contributed by atoms with Crippen LogP contribution in [0.25, 0.3) is 0 Å². The number of nitrogens with zero attached hydrogens (tertiary/aromatic N) is 1. The van der Waals surface area contributed by atoms with Crippen molar-refractivity contribution in [3.63, 3.8) is 0 Å². The Morgan fingerprint density at radius 3 is 2.61 bits per heavy atom. The number of anilines is 1. The summed E-state index contributed by atoms with van der Waals surface area (Å²) >= 11 is 6.34. The first-order chi connectivity index (χ1) is 15.8. The second-order valence-corrected chi connectivity index (χ2v) is 9.29. The minimum absolute atomic E-state index is 0.246. The van der Waals surface area contributed by atoms with Crippen LogP contribution in [0.1, 0.15) is 30.9 Å². The molecule has 3 aliphatic heterocycles. The number of aromatic hydroxyl groups is 2. The number of carbonyl (C=O) groups excluding carboxylic acids is 3. The number of likely N-dealkylation sites (tertiary alicyclic amines) is 1. The fourth-order valence-electron chi connectivity index (χ4n) is 5.51. The number of hydrogen-bond acceptors (Lipinski definition) is 6. The van der Waals surface area contributed by atoms with Gasteiger partial charge in [0.1, 0.15) is 5.54 Å². The summed E-state index contributed by atoms with van der Waals surface area (Å²) in [6, 6.07) is 9.04. The summed E-state index contributed by atoms with van der Waals surface area (Å²) in [5, 5.41) is 26.1. The van der Waals surface area contributed by atoms with Crippen molar-refractivity contribution in [2.45, 2.75) is 37.8 Å². The zero-order chi connectivity index (χ0) is 23.5. The van der Waals surface area contributed by atoms with Crippen LogP contribution in [-0.2, 0) is 26.3 Å². The molecule has 33 heavy (non-hydrogen) atoms. The van der Waals surface area contributed by atoms with E-state index in [-0.39, 0.29) is 29.7 Å². The fourth-order valence-corrected chi connectivity index (χ4v) is 5.74. The van der Waals surface area contributed by atoms with Crippen molar-refractivity contribution in [1.82, 2.24) is 10.2 Å². The van der Waals surface area contributed by atoms with E-state index in [4.69, 9.17) is 11.6 Å². The van der Waals surface area contributed by atoms with Gasteiger partial charge in [-0.2, -0.15) is 0 Å². The Morgan fingerprint density at radius 2 is 1.88 bits per heavy atom. The molecule has 9 heteroatoms. The largest absolute Gasteiger partial charge is 0.504 e. The molecule has 4 atom stereocenters. The molecule has 4 N–H and O–H groups in total. The molecular weight excluding hydrogens is 446 g/mol. The van der Waals surface area contributed by atoms with Gasteiger partial charge < -0.3 is 15.5 Å². The van der Waals surface area contributed by atoms with Gasteiger partial charge in [0.05, 0.1) is 22.5 Å². The molecule has 2 unspecified atom stereocenters. The first kappa shape index (κ1) is 21.7. The number of phenols is 2. The van der Waals surface area contributed by atoms with E-state index in [2.05, 4.69) is 10.6 Å². The minimum Gasteiger partial charge on any atom is -0.504 e. The minimum atomic E-state index is -1.41. The Kier molecular flexibility index (Phi) is 5.10. The third-order valence-corrected chi connectivity index (χ3v) is 7.34. The zero-order valence-corrected chi connectivity index (χ0v) is 18.7. The molecule has 2 saturated heterocycles. The zero-order valence-electron chi connectivity index (χ0n) is 18.0. The number of rotatable bonds is 5. The number of fused-ring (bicyclic) bond motifs is 4. The van der Waals surface area contributed by atoms with Crippen LogP contribution >= 0.6 is 11.6 Å². The Bertz CT molecular complexity index is 1180. The van der Waals surface area contributed by atoms with Gasteiger partial charge in [0.15, 0.2) is 11.5 Å². The van der Waals surface area contributed by atoms with Crippen molar-refractivity contribution in [2.24, 2.45) is 11.8 Å². The topological polar surface area (TPSA) is 119 Å². The van der Waals surface area contributed by atoms with E-state index in [1.807, 2.05) is 6.92 Å². The van der Waals surface area contributed by atoms with Crippen LogP contribution in [0, 0.1) is 11.8 Å². The molecule has 2 aromatic carbocycles. The van der Waals surface area contributed by atoms with E-state index in [1.54, 1.807) is 24.3 Å². The van der Waals surface area contributed by atoms with E-state index in [1.165, 1.54) is 17.0 Å². The first-order valence-electron chi connectivity index (χ1n) is 11.0. The molecule has 3 heterocycles. The van der Waals surface area contributed by atoms with E-state index < -0.39 is 29.3 Å². The highest BCUT2D eigenvalue weighted by atomic mass is 35.5. The highest BCUT2D eigenvalue weighted by Gasteiger charge is 2.70. The predicted octanol–water partition coefficient (Wildman–Crippen LogP) is 2.51. The second kappa shape index (κ2) is 7.74. The molecule has 2 fully saturated rings. The molecule has 3 amide bonds. The molecule has 2 aromatic rings. The second-order valence-electron chi connectivity index (χ2n) is 8.89. The predicted molar refractivity (Wildman–Crippen MR) is 121 cm³/mol. The number of hydrogen-bond donors (Lipinski definition) is 4. The highest BCUT2D eigenvalue weighted by molar-refractivity contribution is 6.35. The van der Waals surface area contributed by atoms with E-state index in [0.717, 1.165) is 6.42 Å². The van der Waals surface area contributed by atoms with Gasteiger partial charge in [-0.15, -0.1) is 0 Å². The molecular formula is C24H24ClN3O5. The SMILES string of the molecule is CCCCN1C(=O)[C@@H]2C(Cc3ccc(O)c(O)c3)NC3(C(=O)Nc4c(Cl)cccc43)[C@@H]2C1=O. The number of carbonyl (C=O) groups is 3. The number of benzene rings is 2. The van der Waals surface area contributed by atoms with Crippen LogP contribution < -0.4 is 10.6 Å². The third kappa shape index (κ3) is 3.04. The summed E-state index contributed by atoms with van der Waals surface area (Å²) in [4.78, 5) is 41.8. The average Bonchev–Trinajstić information content (AvgIpc) is 3.35. The summed E-state index contributed by atoms with van der Waals surface area (Å²) in [5.41, 5.74) is 0.258. The van der Waals surface area contributed by atoms with Crippen molar-refractivity contribution in [3.05, 3.63) is 52.5 Å². The Morgan fingerprint density at radius 1 is 1.09 bits per heavy atom. The number of halogens is 1. The summed E-state index contributed by atoms with van der Waals surface area (Å²) in [6.45, 7) is 2.30. The van der Waals surface area contributed by atoms with Crippen molar-refractivity contribution < 1.29 is 24.6 Å². The van der Waals surface area contributed by atoms with Gasteiger partial charge in [0.25, 0.3) is 0 Å². The Balaban J connectivity index is 1.61.